The van der Waals surface area contributed by atoms with Crippen LogP contribution in [0.3, 0.4) is 0 Å². The predicted octanol–water partition coefficient (Wildman–Crippen LogP) is 6.17. The Labute approximate surface area is 256 Å². The summed E-state index contributed by atoms with van der Waals surface area (Å²) in [6.07, 6.45) is 2.58. The van der Waals surface area contributed by atoms with Gasteiger partial charge < -0.3 is 19.5 Å². The molecule has 3 aliphatic rings. The number of alkyl halides is 3. The minimum Gasteiger partial charge on any atom is -0.377 e. The first-order valence-electron chi connectivity index (χ1n) is 15.7. The van der Waals surface area contributed by atoms with Crippen molar-refractivity contribution in [3.8, 4) is 0 Å². The number of hydrogen-bond donors (Lipinski definition) is 1. The van der Waals surface area contributed by atoms with Gasteiger partial charge in [0.2, 0.25) is 15.8 Å². The van der Waals surface area contributed by atoms with Gasteiger partial charge in [-0.15, -0.1) is 0 Å². The lowest BCUT2D eigenvalue weighted by Crippen LogP contribution is -2.41. The average molecular weight is 635 g/mol. The van der Waals surface area contributed by atoms with Crippen LogP contribution in [0.25, 0.3) is 11.2 Å². The first-order chi connectivity index (χ1) is 21.0. The summed E-state index contributed by atoms with van der Waals surface area (Å²) < 4.78 is 73.9. The Bertz CT molecular complexity index is 1550. The number of ether oxygens (including phenoxy) is 1. The Kier molecular flexibility index (Phi) is 8.80. The number of aromatic nitrogens is 4. The van der Waals surface area contributed by atoms with Crippen LogP contribution in [0.2, 0.25) is 0 Å². The molecule has 3 heterocycles. The van der Waals surface area contributed by atoms with E-state index in [1.807, 2.05) is 37.3 Å². The molecule has 44 heavy (non-hydrogen) atoms. The van der Waals surface area contributed by atoms with Crippen LogP contribution in [0.4, 0.5) is 24.9 Å². The van der Waals surface area contributed by atoms with Gasteiger partial charge in [0.25, 0.3) is 5.16 Å². The number of hydrogen-bond acceptors (Lipinski definition) is 8. The summed E-state index contributed by atoms with van der Waals surface area (Å²) in [5.41, 5.74) is 1.67. The zero-order chi connectivity index (χ0) is 31.1. The smallest absolute Gasteiger partial charge is 0.377 e. The van der Waals surface area contributed by atoms with E-state index in [1.54, 1.807) is 0 Å². The lowest BCUT2D eigenvalue weighted by molar-refractivity contribution is -0.106. The largest absolute Gasteiger partial charge is 0.403 e. The molecule has 3 aromatic rings. The van der Waals surface area contributed by atoms with E-state index in [-0.39, 0.29) is 23.5 Å². The number of rotatable bonds is 9. The molecule has 6 rings (SSSR count). The van der Waals surface area contributed by atoms with Crippen LogP contribution in [-0.4, -0.2) is 65.7 Å². The van der Waals surface area contributed by atoms with E-state index in [1.165, 1.54) is 0 Å². The van der Waals surface area contributed by atoms with Crippen molar-refractivity contribution in [3.63, 3.8) is 0 Å². The third kappa shape index (κ3) is 6.68. The maximum absolute atomic E-state index is 13.3. The molecular weight excluding hydrogens is 593 g/mol. The molecule has 0 amide bonds. The monoisotopic (exact) mass is 634 g/mol. The molecule has 2 aromatic heterocycles. The van der Waals surface area contributed by atoms with Crippen LogP contribution in [0.5, 0.6) is 0 Å². The van der Waals surface area contributed by atoms with E-state index >= 15 is 0 Å². The first kappa shape index (κ1) is 31.1. The number of imidazole rings is 1. The fraction of sp³-hybridized carbons (Fsp3) is 0.645. The van der Waals surface area contributed by atoms with Crippen LogP contribution >= 0.6 is 0 Å². The average Bonchev–Trinajstić information content (AvgIpc) is 3.31. The zero-order valence-corrected chi connectivity index (χ0v) is 26.1. The third-order valence-electron chi connectivity index (χ3n) is 9.56. The van der Waals surface area contributed by atoms with Gasteiger partial charge in [0.05, 0.1) is 19.3 Å². The molecule has 2 aliphatic carbocycles. The minimum absolute atomic E-state index is 0.0530. The maximum Gasteiger partial charge on any atom is 0.403 e. The van der Waals surface area contributed by atoms with Gasteiger partial charge in [-0.3, -0.25) is 0 Å². The summed E-state index contributed by atoms with van der Waals surface area (Å²) >= 11 is 0. The lowest BCUT2D eigenvalue weighted by Gasteiger charge is -2.37. The van der Waals surface area contributed by atoms with E-state index in [2.05, 4.69) is 31.7 Å². The summed E-state index contributed by atoms with van der Waals surface area (Å²) in [6, 6.07) is 9.77. The number of nitrogens with one attached hydrogen (secondary N) is 1. The fourth-order valence-corrected chi connectivity index (χ4v) is 7.77. The van der Waals surface area contributed by atoms with E-state index < -0.39 is 26.9 Å². The Morgan fingerprint density at radius 1 is 1.05 bits per heavy atom. The molecule has 0 spiro atoms. The quantitative estimate of drug-likeness (QED) is 0.279. The van der Waals surface area contributed by atoms with E-state index in [0.29, 0.717) is 55.5 Å². The van der Waals surface area contributed by atoms with Gasteiger partial charge >= 0.3 is 6.18 Å². The fourth-order valence-electron chi connectivity index (χ4n) is 6.75. The summed E-state index contributed by atoms with van der Waals surface area (Å²) in [4.78, 5) is 15.6. The highest BCUT2D eigenvalue weighted by Crippen LogP contribution is 2.38. The molecule has 0 bridgehead atoms. The second-order valence-corrected chi connectivity index (χ2v) is 14.8. The van der Waals surface area contributed by atoms with Crippen molar-refractivity contribution in [1.29, 1.82) is 0 Å². The van der Waals surface area contributed by atoms with Gasteiger partial charge in [0.15, 0.2) is 17.2 Å². The lowest BCUT2D eigenvalue weighted by atomic mass is 9.80. The molecular formula is C31H41F3N6O3S. The van der Waals surface area contributed by atoms with Crippen LogP contribution < -0.4 is 10.2 Å². The van der Waals surface area contributed by atoms with Crippen LogP contribution in [-0.2, 0) is 21.1 Å². The van der Waals surface area contributed by atoms with E-state index in [0.717, 1.165) is 50.5 Å². The van der Waals surface area contributed by atoms with Crippen LogP contribution in [0.1, 0.15) is 70.4 Å². The highest BCUT2D eigenvalue weighted by molar-refractivity contribution is 7.91. The molecule has 3 fully saturated rings. The van der Waals surface area contributed by atoms with Gasteiger partial charge in [-0.05, 0) is 55.9 Å². The molecule has 0 radical (unpaired) electrons. The van der Waals surface area contributed by atoms with Gasteiger partial charge in [-0.1, -0.05) is 56.5 Å². The normalized spacial score (nSPS) is 24.3. The topological polar surface area (TPSA) is 102 Å². The van der Waals surface area contributed by atoms with E-state index in [4.69, 9.17) is 9.72 Å². The molecule has 9 nitrogen and oxygen atoms in total. The second-order valence-electron chi connectivity index (χ2n) is 12.9. The van der Waals surface area contributed by atoms with Crippen molar-refractivity contribution in [3.05, 3.63) is 35.9 Å². The summed E-state index contributed by atoms with van der Waals surface area (Å²) in [5.74, 6) is 0.197. The molecule has 2 saturated carbocycles. The number of halogens is 3. The highest BCUT2D eigenvalue weighted by atomic mass is 32.2. The molecule has 13 heteroatoms. The SMILES string of the molecule is C[C@@H](Nc1nc(S(=O)(=O)CC(F)(F)F)nc2nc(N3CCOC[C@H]3c3ccccc3)n(C[C@H]3CC[C@H](C)CC3)c12)C1CCC1. The van der Waals surface area contributed by atoms with Crippen molar-refractivity contribution < 1.29 is 26.3 Å². The van der Waals surface area contributed by atoms with Gasteiger partial charge in [0.1, 0.15) is 5.52 Å². The first-order valence-corrected chi connectivity index (χ1v) is 17.4. The zero-order valence-electron chi connectivity index (χ0n) is 25.3. The number of morpholine rings is 1. The number of nitrogens with zero attached hydrogens (tertiary/aromatic N) is 5. The molecule has 1 saturated heterocycles. The number of sulfone groups is 1. The van der Waals surface area contributed by atoms with Gasteiger partial charge in [0, 0.05) is 19.1 Å². The number of anilines is 2. The predicted molar refractivity (Wildman–Crippen MR) is 162 cm³/mol. The molecule has 240 valence electrons. The Morgan fingerprint density at radius 3 is 2.43 bits per heavy atom. The Morgan fingerprint density at radius 2 is 1.77 bits per heavy atom. The van der Waals surface area contributed by atoms with Gasteiger partial charge in [-0.25, -0.2) is 8.42 Å². The molecule has 2 atom stereocenters. The van der Waals surface area contributed by atoms with Crippen molar-refractivity contribution >= 4 is 32.8 Å². The molecule has 0 unspecified atom stereocenters. The van der Waals surface area contributed by atoms with Crippen molar-refractivity contribution in [2.75, 3.05) is 35.7 Å². The van der Waals surface area contributed by atoms with Crippen molar-refractivity contribution in [2.24, 2.45) is 17.8 Å². The standard InChI is InChI=1S/C31H41F3N6O3S/c1-20-11-13-22(14-12-20)17-40-26-27(35-21(2)23-9-6-10-23)36-29(44(41,42)19-31(32,33)34)37-28(26)38-30(40)39-15-16-43-18-25(39)24-7-4-3-5-8-24/h3-5,7-8,20-23,25H,6,9-19H2,1-2H3,(H,35,36,37)/t20-,21-,22-,25+/m1/s1. The summed E-state index contributed by atoms with van der Waals surface area (Å²) in [7, 11) is -4.87. The summed E-state index contributed by atoms with van der Waals surface area (Å²) in [6.45, 7) is 6.37. The summed E-state index contributed by atoms with van der Waals surface area (Å²) in [5, 5.41) is 2.55. The second kappa shape index (κ2) is 12.5. The third-order valence-corrected chi connectivity index (χ3v) is 11.0. The van der Waals surface area contributed by atoms with Gasteiger partial charge in [-0.2, -0.15) is 28.1 Å². The molecule has 1 aromatic carbocycles. The van der Waals surface area contributed by atoms with Crippen molar-refractivity contribution in [1.82, 2.24) is 19.5 Å². The van der Waals surface area contributed by atoms with Crippen LogP contribution in [0, 0.1) is 17.8 Å². The maximum atomic E-state index is 13.3. The number of fused-ring (bicyclic) bond motifs is 1. The highest BCUT2D eigenvalue weighted by Gasteiger charge is 2.39. The Hall–Kier alpha value is -2.93. The minimum atomic E-state index is -4.93. The van der Waals surface area contributed by atoms with Crippen molar-refractivity contribution in [2.45, 2.75) is 88.8 Å². The number of benzene rings is 1. The molecule has 1 N–H and O–H groups in total. The molecule has 1 aliphatic heterocycles. The Balaban J connectivity index is 1.51. The van der Waals surface area contributed by atoms with Crippen LogP contribution in [0.15, 0.2) is 35.5 Å². The van der Waals surface area contributed by atoms with E-state index in [9.17, 15) is 21.6 Å².